The summed E-state index contributed by atoms with van der Waals surface area (Å²) in [5.41, 5.74) is 0.914. The Morgan fingerprint density at radius 2 is 1.70 bits per heavy atom. The van der Waals surface area contributed by atoms with E-state index in [-0.39, 0.29) is 5.54 Å². The molecule has 1 unspecified atom stereocenters. The van der Waals surface area contributed by atoms with Crippen molar-refractivity contribution in [3.8, 4) is 0 Å². The second-order valence-electron chi connectivity index (χ2n) is 6.86. The van der Waals surface area contributed by atoms with Gasteiger partial charge in [0.1, 0.15) is 18.1 Å². The number of hydrogen-bond donors (Lipinski definition) is 0. The van der Waals surface area contributed by atoms with Crippen LogP contribution < -0.4 is 0 Å². The second kappa shape index (κ2) is 7.55. The SMILES string of the molecule is CO/[N+](=C\c1ccc(S(=O)N2CCN(C)CC2)cc1)C(C)(C)C. The van der Waals surface area contributed by atoms with Crippen molar-refractivity contribution in [2.45, 2.75) is 31.2 Å². The Bertz CT molecular complexity index is 570. The lowest BCUT2D eigenvalue weighted by atomic mass is 10.1. The second-order valence-corrected chi connectivity index (χ2v) is 8.34. The van der Waals surface area contributed by atoms with Gasteiger partial charge >= 0.3 is 0 Å². The topological polar surface area (TPSA) is 35.8 Å². The van der Waals surface area contributed by atoms with Crippen LogP contribution in [0.5, 0.6) is 0 Å². The lowest BCUT2D eigenvalue weighted by Crippen LogP contribution is -2.45. The predicted octanol–water partition coefficient (Wildman–Crippen LogP) is 1.75. The molecule has 0 bridgehead atoms. The molecule has 0 spiro atoms. The Morgan fingerprint density at radius 3 is 2.17 bits per heavy atom. The predicted molar refractivity (Wildman–Crippen MR) is 94.1 cm³/mol. The van der Waals surface area contributed by atoms with E-state index in [1.54, 1.807) is 7.11 Å². The van der Waals surface area contributed by atoms with Crippen molar-refractivity contribution in [2.24, 2.45) is 0 Å². The summed E-state index contributed by atoms with van der Waals surface area (Å²) >= 11 is 0. The van der Waals surface area contributed by atoms with E-state index < -0.39 is 11.0 Å². The maximum Gasteiger partial charge on any atom is 0.223 e. The van der Waals surface area contributed by atoms with Crippen LogP contribution in [0.3, 0.4) is 0 Å². The third-order valence-corrected chi connectivity index (χ3v) is 5.41. The van der Waals surface area contributed by atoms with Crippen molar-refractivity contribution in [1.29, 1.82) is 0 Å². The van der Waals surface area contributed by atoms with E-state index in [4.69, 9.17) is 4.84 Å². The molecule has 5 nitrogen and oxygen atoms in total. The fourth-order valence-corrected chi connectivity index (χ4v) is 3.59. The minimum Gasteiger partial charge on any atom is -0.304 e. The van der Waals surface area contributed by atoms with Gasteiger partial charge in [-0.05, 0) is 36.1 Å². The van der Waals surface area contributed by atoms with Crippen LogP contribution >= 0.6 is 0 Å². The van der Waals surface area contributed by atoms with E-state index in [0.29, 0.717) is 0 Å². The highest BCUT2D eigenvalue weighted by atomic mass is 32.2. The largest absolute Gasteiger partial charge is 0.304 e. The van der Waals surface area contributed by atoms with Crippen LogP contribution in [0.25, 0.3) is 0 Å². The fourth-order valence-electron chi connectivity index (χ4n) is 2.43. The van der Waals surface area contributed by atoms with Gasteiger partial charge in [-0.2, -0.15) is 0 Å². The van der Waals surface area contributed by atoms with Gasteiger partial charge in [-0.1, -0.05) is 0 Å². The number of rotatable bonds is 4. The zero-order valence-corrected chi connectivity index (χ0v) is 15.6. The van der Waals surface area contributed by atoms with Crippen LogP contribution in [0.4, 0.5) is 0 Å². The average molecular weight is 338 g/mol. The monoisotopic (exact) mass is 338 g/mol. The zero-order valence-electron chi connectivity index (χ0n) is 14.8. The average Bonchev–Trinajstić information content (AvgIpc) is 2.52. The molecule has 128 valence electrons. The van der Waals surface area contributed by atoms with Crippen LogP contribution in [0.2, 0.25) is 0 Å². The Labute approximate surface area is 142 Å². The molecule has 0 saturated carbocycles. The molecule has 0 amide bonds. The lowest BCUT2D eigenvalue weighted by molar-refractivity contribution is -0.821. The third kappa shape index (κ3) is 4.86. The van der Waals surface area contributed by atoms with Crippen LogP contribution in [0.15, 0.2) is 29.2 Å². The van der Waals surface area contributed by atoms with Crippen LogP contribution in [-0.4, -0.2) is 70.2 Å². The minimum absolute atomic E-state index is 0.115. The highest BCUT2D eigenvalue weighted by molar-refractivity contribution is 7.82. The molecule has 0 radical (unpaired) electrons. The van der Waals surface area contributed by atoms with E-state index in [0.717, 1.165) is 36.6 Å². The molecule has 0 aliphatic carbocycles. The van der Waals surface area contributed by atoms with Gasteiger partial charge in [-0.15, -0.1) is 0 Å². The number of piperazine rings is 1. The summed E-state index contributed by atoms with van der Waals surface area (Å²) in [5.74, 6) is 0. The van der Waals surface area contributed by atoms with Crippen molar-refractivity contribution in [1.82, 2.24) is 9.21 Å². The standard InChI is InChI=1S/C17H28N3O2S/c1-17(2,3)20(22-5)14-15-6-8-16(9-7-15)23(21)19-12-10-18(4)11-13-19/h6-9,14H,10-13H2,1-5H3/q+1/b20-14-. The first-order chi connectivity index (χ1) is 10.8. The molecular formula is C17H28N3O2S+. The Morgan fingerprint density at radius 1 is 1.13 bits per heavy atom. The number of benzene rings is 1. The van der Waals surface area contributed by atoms with Gasteiger partial charge in [0.15, 0.2) is 0 Å². The molecule has 1 fully saturated rings. The van der Waals surface area contributed by atoms with Gasteiger partial charge in [0, 0.05) is 52.5 Å². The van der Waals surface area contributed by atoms with Gasteiger partial charge in [-0.3, -0.25) is 4.84 Å². The summed E-state index contributed by atoms with van der Waals surface area (Å²) in [6, 6.07) is 7.86. The summed E-state index contributed by atoms with van der Waals surface area (Å²) in [6.07, 6.45) is 1.96. The van der Waals surface area contributed by atoms with Crippen LogP contribution in [0.1, 0.15) is 26.3 Å². The smallest absolute Gasteiger partial charge is 0.223 e. The van der Waals surface area contributed by atoms with E-state index >= 15 is 0 Å². The molecule has 0 N–H and O–H groups in total. The van der Waals surface area contributed by atoms with E-state index in [1.807, 2.05) is 39.5 Å². The molecule has 1 heterocycles. The molecule has 1 aliphatic rings. The fraction of sp³-hybridized carbons (Fsp3) is 0.588. The minimum atomic E-state index is -1.08. The number of nitrogens with zero attached hydrogens (tertiary/aromatic N) is 3. The summed E-state index contributed by atoms with van der Waals surface area (Å²) in [4.78, 5) is 8.52. The molecule has 0 aromatic heterocycles. The van der Waals surface area contributed by atoms with Gasteiger partial charge in [0.05, 0.1) is 4.90 Å². The molecular weight excluding hydrogens is 310 g/mol. The molecule has 6 heteroatoms. The number of hydroxylamine groups is 1. The molecule has 1 aromatic carbocycles. The Kier molecular flexibility index (Phi) is 5.95. The molecule has 1 saturated heterocycles. The van der Waals surface area contributed by atoms with Crippen molar-refractivity contribution >= 4 is 17.2 Å². The highest BCUT2D eigenvalue weighted by Gasteiger charge is 2.26. The Hall–Kier alpha value is -1.24. The third-order valence-electron chi connectivity index (χ3n) is 3.90. The maximum absolute atomic E-state index is 12.6. The number of hydrogen-bond acceptors (Lipinski definition) is 3. The molecule has 23 heavy (non-hydrogen) atoms. The Balaban J connectivity index is 2.10. The van der Waals surface area contributed by atoms with Gasteiger partial charge in [0.2, 0.25) is 11.8 Å². The van der Waals surface area contributed by atoms with Crippen LogP contribution in [0, 0.1) is 0 Å². The summed E-state index contributed by atoms with van der Waals surface area (Å²) < 4.78 is 16.5. The summed E-state index contributed by atoms with van der Waals surface area (Å²) in [5, 5.41) is 0. The van der Waals surface area contributed by atoms with Crippen molar-refractivity contribution in [2.75, 3.05) is 40.3 Å². The number of likely N-dealkylation sites (N-methyl/N-ethyl adjacent to an activating group) is 1. The molecule has 2 rings (SSSR count). The van der Waals surface area contributed by atoms with Gasteiger partial charge in [0.25, 0.3) is 0 Å². The molecule has 1 aliphatic heterocycles. The molecule has 1 aromatic rings. The van der Waals surface area contributed by atoms with E-state index in [1.165, 1.54) is 0 Å². The zero-order chi connectivity index (χ0) is 17.0. The van der Waals surface area contributed by atoms with Gasteiger partial charge in [-0.25, -0.2) is 8.51 Å². The van der Waals surface area contributed by atoms with Crippen molar-refractivity contribution < 1.29 is 13.8 Å². The highest BCUT2D eigenvalue weighted by Crippen LogP contribution is 2.14. The van der Waals surface area contributed by atoms with Gasteiger partial charge < -0.3 is 4.90 Å². The normalized spacial score (nSPS) is 19.6. The first kappa shape index (κ1) is 18.1. The quantitative estimate of drug-likeness (QED) is 0.477. The molecule has 1 atom stereocenters. The van der Waals surface area contributed by atoms with Crippen molar-refractivity contribution in [3.05, 3.63) is 29.8 Å². The van der Waals surface area contributed by atoms with E-state index in [2.05, 4.69) is 32.7 Å². The van der Waals surface area contributed by atoms with E-state index in [9.17, 15) is 4.21 Å². The lowest BCUT2D eigenvalue weighted by Gasteiger charge is -2.31. The van der Waals surface area contributed by atoms with Crippen molar-refractivity contribution in [3.63, 3.8) is 0 Å². The maximum atomic E-state index is 12.6. The first-order valence-corrected chi connectivity index (χ1v) is 9.05. The summed E-state index contributed by atoms with van der Waals surface area (Å²) in [7, 11) is 2.69. The van der Waals surface area contributed by atoms with Crippen LogP contribution in [-0.2, 0) is 15.8 Å². The first-order valence-electron chi connectivity index (χ1n) is 7.95. The summed E-state index contributed by atoms with van der Waals surface area (Å²) in [6.45, 7) is 9.88.